The van der Waals surface area contributed by atoms with Crippen LogP contribution >= 0.6 is 0 Å². The molecule has 2 aromatic carbocycles. The first-order valence-electron chi connectivity index (χ1n) is 5.55. The lowest BCUT2D eigenvalue weighted by atomic mass is 9.86. The van der Waals surface area contributed by atoms with Gasteiger partial charge >= 0.3 is 0 Å². The van der Waals surface area contributed by atoms with Crippen molar-refractivity contribution in [2.24, 2.45) is 0 Å². The van der Waals surface area contributed by atoms with Crippen LogP contribution in [0, 0.1) is 6.92 Å². The van der Waals surface area contributed by atoms with E-state index in [2.05, 4.69) is 31.2 Å². The second-order valence-electron chi connectivity index (χ2n) is 4.02. The van der Waals surface area contributed by atoms with Crippen molar-refractivity contribution in [1.29, 1.82) is 0 Å². The highest BCUT2D eigenvalue weighted by Crippen LogP contribution is 2.44. The van der Waals surface area contributed by atoms with Crippen molar-refractivity contribution in [2.45, 2.75) is 12.3 Å². The molecule has 2 aromatic rings. The Kier molecular flexibility index (Phi) is 2.17. The van der Waals surface area contributed by atoms with Crippen molar-refractivity contribution < 1.29 is 4.74 Å². The Labute approximate surface area is 95.7 Å². The Morgan fingerprint density at radius 1 is 0.875 bits per heavy atom. The van der Waals surface area contributed by atoms with Crippen LogP contribution in [-0.4, -0.2) is 0 Å². The number of hydrogen-bond donors (Lipinski definition) is 0. The maximum Gasteiger partial charge on any atom is 0.131 e. The van der Waals surface area contributed by atoms with Gasteiger partial charge in [0.2, 0.25) is 0 Å². The summed E-state index contributed by atoms with van der Waals surface area (Å²) in [5, 5.41) is 0. The molecule has 0 atom stereocenters. The fourth-order valence-electron chi connectivity index (χ4n) is 2.32. The average Bonchev–Trinajstić information content (AvgIpc) is 2.36. The lowest BCUT2D eigenvalue weighted by molar-refractivity contribution is 0.445. The molecule has 0 aromatic heterocycles. The average molecular weight is 209 g/mol. The first kappa shape index (κ1) is 9.46. The quantitative estimate of drug-likeness (QED) is 0.685. The third-order valence-corrected chi connectivity index (χ3v) is 3.10. The molecule has 0 N–H and O–H groups in total. The van der Waals surface area contributed by atoms with Crippen molar-refractivity contribution in [2.75, 3.05) is 0 Å². The van der Waals surface area contributed by atoms with Gasteiger partial charge < -0.3 is 4.74 Å². The topological polar surface area (TPSA) is 9.23 Å². The highest BCUT2D eigenvalue weighted by Gasteiger charge is 2.24. The molecular weight excluding hydrogens is 196 g/mol. The normalized spacial score (nSPS) is 13.8. The molecule has 16 heavy (non-hydrogen) atoms. The van der Waals surface area contributed by atoms with Gasteiger partial charge in [-0.15, -0.1) is 0 Å². The van der Waals surface area contributed by atoms with E-state index in [1.165, 1.54) is 11.1 Å². The maximum absolute atomic E-state index is 5.88. The van der Waals surface area contributed by atoms with Crippen molar-refractivity contribution >= 4 is 0 Å². The van der Waals surface area contributed by atoms with Gasteiger partial charge in [-0.25, -0.2) is 0 Å². The molecule has 0 aliphatic carbocycles. The van der Waals surface area contributed by atoms with Crippen LogP contribution in [0.25, 0.3) is 0 Å². The number of ether oxygens (including phenoxy) is 1. The van der Waals surface area contributed by atoms with Crippen LogP contribution in [0.4, 0.5) is 0 Å². The van der Waals surface area contributed by atoms with Crippen LogP contribution in [0.1, 0.15) is 23.5 Å². The molecular formula is C15H13O. The number of fused-ring (bicyclic) bond motifs is 2. The first-order valence-corrected chi connectivity index (χ1v) is 5.55. The van der Waals surface area contributed by atoms with Crippen molar-refractivity contribution in [3.8, 4) is 11.5 Å². The summed E-state index contributed by atoms with van der Waals surface area (Å²) in [5.41, 5.74) is 2.49. The van der Waals surface area contributed by atoms with Gasteiger partial charge in [0.15, 0.2) is 0 Å². The Bertz CT molecular complexity index is 471. The summed E-state index contributed by atoms with van der Waals surface area (Å²) in [6.45, 7) is 4.05. The summed E-state index contributed by atoms with van der Waals surface area (Å²) in [6, 6.07) is 16.4. The highest BCUT2D eigenvalue weighted by molar-refractivity contribution is 5.53. The molecule has 0 saturated carbocycles. The van der Waals surface area contributed by atoms with E-state index in [1.54, 1.807) is 0 Å². The summed E-state index contributed by atoms with van der Waals surface area (Å²) < 4.78 is 5.88. The van der Waals surface area contributed by atoms with Gasteiger partial charge in [-0.05, 0) is 18.6 Å². The Morgan fingerprint density at radius 3 is 1.88 bits per heavy atom. The zero-order valence-corrected chi connectivity index (χ0v) is 9.02. The highest BCUT2D eigenvalue weighted by atomic mass is 16.5. The summed E-state index contributed by atoms with van der Waals surface area (Å²) in [4.78, 5) is 0. The number of benzene rings is 2. The third kappa shape index (κ3) is 1.32. The molecule has 0 spiro atoms. The van der Waals surface area contributed by atoms with Gasteiger partial charge in [0.05, 0.1) is 0 Å². The molecule has 3 rings (SSSR count). The maximum atomic E-state index is 5.88. The molecule has 1 heterocycles. The number of para-hydroxylation sites is 2. The minimum Gasteiger partial charge on any atom is -0.457 e. The van der Waals surface area contributed by atoms with Gasteiger partial charge in [0, 0.05) is 17.0 Å². The van der Waals surface area contributed by atoms with Crippen molar-refractivity contribution in [3.05, 3.63) is 66.6 Å². The van der Waals surface area contributed by atoms with E-state index in [4.69, 9.17) is 4.74 Å². The van der Waals surface area contributed by atoms with Gasteiger partial charge in [0.1, 0.15) is 11.5 Å². The van der Waals surface area contributed by atoms with Crippen LogP contribution in [0.2, 0.25) is 0 Å². The predicted molar refractivity (Wildman–Crippen MR) is 64.8 cm³/mol. The molecule has 1 radical (unpaired) electrons. The van der Waals surface area contributed by atoms with Gasteiger partial charge in [-0.3, -0.25) is 0 Å². The van der Waals surface area contributed by atoms with E-state index in [-0.39, 0.29) is 0 Å². The van der Waals surface area contributed by atoms with Crippen LogP contribution in [0.3, 0.4) is 0 Å². The van der Waals surface area contributed by atoms with Crippen molar-refractivity contribution in [3.63, 3.8) is 0 Å². The van der Waals surface area contributed by atoms with Gasteiger partial charge in [-0.2, -0.15) is 0 Å². The molecule has 1 nitrogen and oxygen atoms in total. The summed E-state index contributed by atoms with van der Waals surface area (Å²) >= 11 is 0. The van der Waals surface area contributed by atoms with E-state index in [9.17, 15) is 0 Å². The van der Waals surface area contributed by atoms with Crippen LogP contribution in [0.5, 0.6) is 11.5 Å². The van der Waals surface area contributed by atoms with E-state index in [0.29, 0.717) is 5.92 Å². The molecule has 0 fully saturated rings. The van der Waals surface area contributed by atoms with Gasteiger partial charge in [0.25, 0.3) is 0 Å². The molecule has 1 aliphatic heterocycles. The smallest absolute Gasteiger partial charge is 0.131 e. The number of rotatable bonds is 1. The third-order valence-electron chi connectivity index (χ3n) is 3.10. The zero-order valence-electron chi connectivity index (χ0n) is 9.02. The largest absolute Gasteiger partial charge is 0.457 e. The number of hydrogen-bond acceptors (Lipinski definition) is 1. The van der Waals surface area contributed by atoms with E-state index < -0.39 is 0 Å². The SMILES string of the molecule is [CH2]CC1c2ccccc2Oc2ccccc21. The minimum atomic E-state index is 0.362. The Balaban J connectivity index is 2.19. The predicted octanol–water partition coefficient (Wildman–Crippen LogP) is 4.15. The molecule has 0 unspecified atom stereocenters. The summed E-state index contributed by atoms with van der Waals surface area (Å²) in [5.74, 6) is 2.30. The molecule has 0 saturated heterocycles. The van der Waals surface area contributed by atoms with Gasteiger partial charge in [-0.1, -0.05) is 43.3 Å². The molecule has 1 aliphatic rings. The molecule has 1 heteroatoms. The second-order valence-corrected chi connectivity index (χ2v) is 4.02. The standard InChI is InChI=1S/C15H13O/c1-2-11-12-7-3-5-9-14(12)16-15-10-6-4-8-13(11)15/h3-11H,1-2H2. The Morgan fingerprint density at radius 2 is 1.38 bits per heavy atom. The second kappa shape index (κ2) is 3.67. The first-order chi connectivity index (χ1) is 7.90. The van der Waals surface area contributed by atoms with Crippen LogP contribution in [-0.2, 0) is 0 Å². The molecule has 79 valence electrons. The van der Waals surface area contributed by atoms with Crippen LogP contribution < -0.4 is 4.74 Å². The van der Waals surface area contributed by atoms with Crippen molar-refractivity contribution in [1.82, 2.24) is 0 Å². The lowest BCUT2D eigenvalue weighted by Gasteiger charge is -2.27. The van der Waals surface area contributed by atoms with E-state index >= 15 is 0 Å². The summed E-state index contributed by atoms with van der Waals surface area (Å²) in [7, 11) is 0. The monoisotopic (exact) mass is 209 g/mol. The Hall–Kier alpha value is -1.76. The van der Waals surface area contributed by atoms with E-state index in [0.717, 1.165) is 17.9 Å². The van der Waals surface area contributed by atoms with E-state index in [1.807, 2.05) is 24.3 Å². The van der Waals surface area contributed by atoms with Crippen LogP contribution in [0.15, 0.2) is 48.5 Å². The fourth-order valence-corrected chi connectivity index (χ4v) is 2.32. The molecule has 0 bridgehead atoms. The fraction of sp³-hybridized carbons (Fsp3) is 0.133. The lowest BCUT2D eigenvalue weighted by Crippen LogP contribution is -2.09. The summed E-state index contributed by atoms with van der Waals surface area (Å²) in [6.07, 6.45) is 0.859. The zero-order chi connectivity index (χ0) is 11.0. The molecule has 0 amide bonds. The minimum absolute atomic E-state index is 0.362.